The fraction of sp³-hybridized carbons (Fsp3) is 0.375. The lowest BCUT2D eigenvalue weighted by Gasteiger charge is -2.32. The van der Waals surface area contributed by atoms with Crippen LogP contribution in [0.15, 0.2) is 42.5 Å². The third-order valence-corrected chi connectivity index (χ3v) is 5.38. The number of amides is 1. The van der Waals surface area contributed by atoms with Crippen LogP contribution in [0.25, 0.3) is 5.57 Å². The van der Waals surface area contributed by atoms with Crippen LogP contribution in [0, 0.1) is 5.82 Å². The van der Waals surface area contributed by atoms with E-state index in [1.54, 1.807) is 17.0 Å². The van der Waals surface area contributed by atoms with Crippen LogP contribution < -0.4 is 9.47 Å². The molecule has 2 heterocycles. The van der Waals surface area contributed by atoms with Crippen LogP contribution in [0.1, 0.15) is 44.4 Å². The van der Waals surface area contributed by atoms with E-state index in [2.05, 4.69) is 0 Å². The molecule has 0 bridgehead atoms. The molecular formula is C24H25ClFNO4. The lowest BCUT2D eigenvalue weighted by molar-refractivity contribution is 0.0270. The van der Waals surface area contributed by atoms with Crippen molar-refractivity contribution in [1.82, 2.24) is 4.90 Å². The van der Waals surface area contributed by atoms with E-state index in [0.717, 1.165) is 11.1 Å². The molecule has 2 aromatic carbocycles. The standard InChI is InChI=1S/C24H25ClFNO4/c1-24(2,3)31-23(28)27-11-9-15(10-12-27)17-5-4-6-20-22(17)30-21(14-29-20)18-8-7-16(25)13-19(18)26/h4-9,13,21H,10-12,14H2,1-3H3/t21-/m0/s1. The first-order valence-electron chi connectivity index (χ1n) is 10.3. The average Bonchev–Trinajstić information content (AvgIpc) is 2.72. The van der Waals surface area contributed by atoms with Gasteiger partial charge in [-0.25, -0.2) is 9.18 Å². The van der Waals surface area contributed by atoms with E-state index in [0.29, 0.717) is 41.6 Å². The van der Waals surface area contributed by atoms with Crippen molar-refractivity contribution in [3.63, 3.8) is 0 Å². The van der Waals surface area contributed by atoms with E-state index in [-0.39, 0.29) is 12.7 Å². The lowest BCUT2D eigenvalue weighted by atomic mass is 9.97. The number of carbonyl (C=O) groups is 1. The molecular weight excluding hydrogens is 421 g/mol. The number of fused-ring (bicyclic) bond motifs is 1. The summed E-state index contributed by atoms with van der Waals surface area (Å²) in [6.45, 7) is 6.75. The quantitative estimate of drug-likeness (QED) is 0.567. The van der Waals surface area contributed by atoms with Gasteiger partial charge in [-0.15, -0.1) is 0 Å². The molecule has 1 amide bonds. The number of rotatable bonds is 2. The van der Waals surface area contributed by atoms with Crippen molar-refractivity contribution in [2.45, 2.75) is 38.9 Å². The summed E-state index contributed by atoms with van der Waals surface area (Å²) in [5.41, 5.74) is 1.81. The normalized spacial score (nSPS) is 18.4. The molecule has 2 aromatic rings. The highest BCUT2D eigenvalue weighted by molar-refractivity contribution is 6.30. The molecule has 2 aliphatic heterocycles. The van der Waals surface area contributed by atoms with Gasteiger partial charge in [0.25, 0.3) is 0 Å². The number of benzene rings is 2. The highest BCUT2D eigenvalue weighted by atomic mass is 35.5. The molecule has 0 saturated heterocycles. The van der Waals surface area contributed by atoms with E-state index < -0.39 is 17.5 Å². The van der Waals surface area contributed by atoms with E-state index in [4.69, 9.17) is 25.8 Å². The summed E-state index contributed by atoms with van der Waals surface area (Å²) in [7, 11) is 0. The number of para-hydroxylation sites is 1. The van der Waals surface area contributed by atoms with Gasteiger partial charge >= 0.3 is 6.09 Å². The first kappa shape index (κ1) is 21.5. The van der Waals surface area contributed by atoms with Crippen LogP contribution in [0.3, 0.4) is 0 Å². The van der Waals surface area contributed by atoms with Gasteiger partial charge in [0.05, 0.1) is 0 Å². The number of carbonyl (C=O) groups excluding carboxylic acids is 1. The Morgan fingerprint density at radius 3 is 2.74 bits per heavy atom. The summed E-state index contributed by atoms with van der Waals surface area (Å²) in [4.78, 5) is 14.0. The second-order valence-corrected chi connectivity index (χ2v) is 9.06. The summed E-state index contributed by atoms with van der Waals surface area (Å²) in [5, 5.41) is 0.334. The van der Waals surface area contributed by atoms with Crippen LogP contribution in [0.4, 0.5) is 9.18 Å². The molecule has 0 radical (unpaired) electrons. The third-order valence-electron chi connectivity index (χ3n) is 5.15. The number of ether oxygens (including phenoxy) is 3. The molecule has 31 heavy (non-hydrogen) atoms. The average molecular weight is 446 g/mol. The Hall–Kier alpha value is -2.73. The fourth-order valence-corrected chi connectivity index (χ4v) is 3.83. The maximum absolute atomic E-state index is 14.4. The van der Waals surface area contributed by atoms with Crippen LogP contribution in [-0.2, 0) is 4.74 Å². The van der Waals surface area contributed by atoms with Gasteiger partial charge in [0.15, 0.2) is 17.6 Å². The lowest BCUT2D eigenvalue weighted by Crippen LogP contribution is -2.39. The molecule has 0 aliphatic carbocycles. The van der Waals surface area contributed by atoms with Gasteiger partial charge in [-0.3, -0.25) is 0 Å². The Bertz CT molecular complexity index is 1030. The minimum absolute atomic E-state index is 0.209. The predicted molar refractivity (Wildman–Crippen MR) is 117 cm³/mol. The smallest absolute Gasteiger partial charge is 0.410 e. The molecule has 0 aromatic heterocycles. The van der Waals surface area contributed by atoms with Gasteiger partial charge < -0.3 is 19.1 Å². The maximum atomic E-state index is 14.4. The molecule has 7 heteroatoms. The second kappa shape index (κ2) is 8.42. The van der Waals surface area contributed by atoms with Crippen molar-refractivity contribution >= 4 is 23.3 Å². The number of hydrogen-bond donors (Lipinski definition) is 0. The molecule has 4 rings (SSSR count). The van der Waals surface area contributed by atoms with Gasteiger partial charge in [0.2, 0.25) is 0 Å². The second-order valence-electron chi connectivity index (χ2n) is 8.62. The van der Waals surface area contributed by atoms with Crippen LogP contribution in [0.5, 0.6) is 11.5 Å². The van der Waals surface area contributed by atoms with Gasteiger partial charge in [-0.1, -0.05) is 35.9 Å². The zero-order valence-electron chi connectivity index (χ0n) is 17.8. The molecule has 0 saturated carbocycles. The Morgan fingerprint density at radius 1 is 1.26 bits per heavy atom. The van der Waals surface area contributed by atoms with Crippen LogP contribution in [-0.4, -0.2) is 36.3 Å². The van der Waals surface area contributed by atoms with Crippen LogP contribution >= 0.6 is 11.6 Å². The third kappa shape index (κ3) is 4.79. The highest BCUT2D eigenvalue weighted by Gasteiger charge is 2.29. The van der Waals surface area contributed by atoms with Gasteiger partial charge in [-0.05, 0) is 51.0 Å². The van der Waals surface area contributed by atoms with Crippen molar-refractivity contribution in [2.75, 3.05) is 19.7 Å². The predicted octanol–water partition coefficient (Wildman–Crippen LogP) is 6.02. The Balaban J connectivity index is 1.55. The SMILES string of the molecule is CC(C)(C)OC(=O)N1CC=C(c2cccc3c2O[C@H](c2ccc(Cl)cc2F)CO3)CC1. The Kier molecular flexibility index (Phi) is 5.84. The summed E-state index contributed by atoms with van der Waals surface area (Å²) < 4.78 is 32.0. The van der Waals surface area contributed by atoms with Crippen molar-refractivity contribution in [3.8, 4) is 11.5 Å². The molecule has 1 atom stereocenters. The topological polar surface area (TPSA) is 48.0 Å². The minimum atomic E-state index is -0.576. The molecule has 164 valence electrons. The van der Waals surface area contributed by atoms with Crippen LogP contribution in [0.2, 0.25) is 5.02 Å². The fourth-order valence-electron chi connectivity index (χ4n) is 3.67. The van der Waals surface area contributed by atoms with E-state index in [9.17, 15) is 9.18 Å². The largest absolute Gasteiger partial charge is 0.485 e. The molecule has 0 spiro atoms. The first-order chi connectivity index (χ1) is 14.7. The molecule has 0 unspecified atom stereocenters. The van der Waals surface area contributed by atoms with Gasteiger partial charge in [0, 0.05) is 29.2 Å². The number of halogens is 2. The maximum Gasteiger partial charge on any atom is 0.410 e. The summed E-state index contributed by atoms with van der Waals surface area (Å²) in [5.74, 6) is 0.788. The zero-order valence-corrected chi connectivity index (χ0v) is 18.5. The van der Waals surface area contributed by atoms with E-state index in [1.807, 2.05) is 45.0 Å². The minimum Gasteiger partial charge on any atom is -0.485 e. The van der Waals surface area contributed by atoms with Crippen molar-refractivity contribution in [3.05, 3.63) is 64.4 Å². The van der Waals surface area contributed by atoms with Crippen molar-refractivity contribution in [1.29, 1.82) is 0 Å². The van der Waals surface area contributed by atoms with Gasteiger partial charge in [0.1, 0.15) is 18.0 Å². The zero-order chi connectivity index (χ0) is 22.2. The first-order valence-corrected chi connectivity index (χ1v) is 10.6. The van der Waals surface area contributed by atoms with E-state index in [1.165, 1.54) is 6.07 Å². The monoisotopic (exact) mass is 445 g/mol. The Labute approximate surface area is 186 Å². The van der Waals surface area contributed by atoms with E-state index >= 15 is 0 Å². The van der Waals surface area contributed by atoms with Crippen molar-refractivity contribution in [2.24, 2.45) is 0 Å². The number of nitrogens with zero attached hydrogens (tertiary/aromatic N) is 1. The molecule has 0 fully saturated rings. The summed E-state index contributed by atoms with van der Waals surface area (Å²) >= 11 is 5.88. The summed E-state index contributed by atoms with van der Waals surface area (Å²) in [6.07, 6.45) is 1.75. The molecule has 0 N–H and O–H groups in total. The van der Waals surface area contributed by atoms with Gasteiger partial charge in [-0.2, -0.15) is 0 Å². The van der Waals surface area contributed by atoms with Crippen molar-refractivity contribution < 1.29 is 23.4 Å². The number of hydrogen-bond acceptors (Lipinski definition) is 4. The Morgan fingerprint density at radius 2 is 2.06 bits per heavy atom. The molecule has 5 nitrogen and oxygen atoms in total. The highest BCUT2D eigenvalue weighted by Crippen LogP contribution is 2.43. The summed E-state index contributed by atoms with van der Waals surface area (Å²) in [6, 6.07) is 10.2. The molecule has 2 aliphatic rings.